The molecule has 0 aliphatic heterocycles. The Balaban J connectivity index is 1.64. The van der Waals surface area contributed by atoms with E-state index in [0.29, 0.717) is 12.2 Å². The summed E-state index contributed by atoms with van der Waals surface area (Å²) >= 11 is 0. The molecule has 0 spiro atoms. The van der Waals surface area contributed by atoms with Crippen LogP contribution in [-0.2, 0) is 0 Å². The molecule has 0 bridgehead atoms. The molecular formula is C17H19NO3. The summed E-state index contributed by atoms with van der Waals surface area (Å²) in [7, 11) is 0. The lowest BCUT2D eigenvalue weighted by Crippen LogP contribution is -2.05. The van der Waals surface area contributed by atoms with E-state index in [-0.39, 0.29) is 0 Å². The maximum atomic E-state index is 10.9. The number of anilines is 1. The van der Waals surface area contributed by atoms with Gasteiger partial charge in [-0.1, -0.05) is 24.3 Å². The van der Waals surface area contributed by atoms with E-state index in [4.69, 9.17) is 9.84 Å². The lowest BCUT2D eigenvalue weighted by atomic mass is 10.2. The van der Waals surface area contributed by atoms with Crippen LogP contribution in [0.3, 0.4) is 0 Å². The van der Waals surface area contributed by atoms with Gasteiger partial charge in [0, 0.05) is 12.2 Å². The summed E-state index contributed by atoms with van der Waals surface area (Å²) in [5, 5.41) is 12.1. The molecule has 4 heteroatoms. The monoisotopic (exact) mass is 285 g/mol. The second-order valence-electron chi connectivity index (χ2n) is 4.68. The van der Waals surface area contributed by atoms with E-state index >= 15 is 0 Å². The number of rotatable bonds is 8. The van der Waals surface area contributed by atoms with Crippen LogP contribution in [0.15, 0.2) is 54.6 Å². The van der Waals surface area contributed by atoms with Crippen LogP contribution in [0.1, 0.15) is 23.2 Å². The van der Waals surface area contributed by atoms with Crippen LogP contribution in [0, 0.1) is 0 Å². The zero-order chi connectivity index (χ0) is 14.9. The highest BCUT2D eigenvalue weighted by molar-refractivity contribution is 5.88. The van der Waals surface area contributed by atoms with Gasteiger partial charge >= 0.3 is 5.97 Å². The van der Waals surface area contributed by atoms with E-state index in [1.807, 2.05) is 36.4 Å². The summed E-state index contributed by atoms with van der Waals surface area (Å²) in [5.41, 5.74) is 1.13. The number of hydrogen-bond donors (Lipinski definition) is 2. The van der Waals surface area contributed by atoms with Gasteiger partial charge in [-0.2, -0.15) is 0 Å². The summed E-state index contributed by atoms with van der Waals surface area (Å²) < 4.78 is 5.60. The highest BCUT2D eigenvalue weighted by Crippen LogP contribution is 2.11. The molecule has 110 valence electrons. The molecule has 0 atom stereocenters. The van der Waals surface area contributed by atoms with Gasteiger partial charge in [0.05, 0.1) is 12.2 Å². The molecule has 0 unspecified atom stereocenters. The minimum atomic E-state index is -0.907. The molecule has 0 saturated carbocycles. The fraction of sp³-hybridized carbons (Fsp3) is 0.235. The number of carboxylic acids is 1. The number of ether oxygens (including phenoxy) is 1. The maximum Gasteiger partial charge on any atom is 0.335 e. The van der Waals surface area contributed by atoms with Crippen molar-refractivity contribution in [1.82, 2.24) is 0 Å². The normalized spacial score (nSPS) is 10.1. The quantitative estimate of drug-likeness (QED) is 0.727. The second-order valence-corrected chi connectivity index (χ2v) is 4.68. The van der Waals surface area contributed by atoms with Crippen LogP contribution in [0.4, 0.5) is 5.69 Å². The number of unbranched alkanes of at least 4 members (excludes halogenated alkanes) is 1. The minimum absolute atomic E-state index is 0.299. The first-order chi connectivity index (χ1) is 10.3. The smallest absolute Gasteiger partial charge is 0.335 e. The van der Waals surface area contributed by atoms with Crippen molar-refractivity contribution in [1.29, 1.82) is 0 Å². The Kier molecular flexibility index (Phi) is 5.64. The van der Waals surface area contributed by atoms with E-state index < -0.39 is 5.97 Å². The van der Waals surface area contributed by atoms with Crippen LogP contribution in [0.2, 0.25) is 0 Å². The van der Waals surface area contributed by atoms with Gasteiger partial charge < -0.3 is 15.2 Å². The third-order valence-corrected chi connectivity index (χ3v) is 3.02. The Bertz CT molecular complexity index is 569. The molecule has 0 radical (unpaired) electrons. The van der Waals surface area contributed by atoms with Crippen molar-refractivity contribution in [3.8, 4) is 5.75 Å². The molecule has 2 rings (SSSR count). The summed E-state index contributed by atoms with van der Waals surface area (Å²) in [4.78, 5) is 10.9. The van der Waals surface area contributed by atoms with Gasteiger partial charge in [-0.25, -0.2) is 4.79 Å². The zero-order valence-corrected chi connectivity index (χ0v) is 11.8. The maximum absolute atomic E-state index is 10.9. The SMILES string of the molecule is O=C(O)c1cccc(NCCCCOc2ccccc2)c1. The van der Waals surface area contributed by atoms with Gasteiger partial charge in [0.1, 0.15) is 5.75 Å². The van der Waals surface area contributed by atoms with Crippen LogP contribution in [-0.4, -0.2) is 24.2 Å². The number of carbonyl (C=O) groups is 1. The van der Waals surface area contributed by atoms with Gasteiger partial charge in [-0.3, -0.25) is 0 Å². The van der Waals surface area contributed by atoms with Crippen molar-refractivity contribution in [3.05, 3.63) is 60.2 Å². The van der Waals surface area contributed by atoms with Crippen LogP contribution < -0.4 is 10.1 Å². The molecule has 0 heterocycles. The first kappa shape index (κ1) is 14.9. The van der Waals surface area contributed by atoms with Crippen molar-refractivity contribution >= 4 is 11.7 Å². The molecule has 0 aromatic heterocycles. The van der Waals surface area contributed by atoms with Crippen molar-refractivity contribution in [2.24, 2.45) is 0 Å². The third kappa shape index (κ3) is 5.18. The van der Waals surface area contributed by atoms with E-state index in [1.165, 1.54) is 0 Å². The Morgan fingerprint density at radius 2 is 1.86 bits per heavy atom. The van der Waals surface area contributed by atoms with Crippen LogP contribution in [0.5, 0.6) is 5.75 Å². The number of para-hydroxylation sites is 1. The largest absolute Gasteiger partial charge is 0.494 e. The predicted molar refractivity (Wildman–Crippen MR) is 83.1 cm³/mol. The number of carboxylic acid groups (broad SMARTS) is 1. The molecular weight excluding hydrogens is 266 g/mol. The topological polar surface area (TPSA) is 58.6 Å². The van der Waals surface area contributed by atoms with Gasteiger partial charge in [-0.05, 0) is 43.2 Å². The highest BCUT2D eigenvalue weighted by atomic mass is 16.5. The van der Waals surface area contributed by atoms with E-state index in [1.54, 1.807) is 18.2 Å². The average Bonchev–Trinajstić information content (AvgIpc) is 2.52. The Morgan fingerprint density at radius 1 is 1.05 bits per heavy atom. The van der Waals surface area contributed by atoms with Gasteiger partial charge in [0.2, 0.25) is 0 Å². The first-order valence-corrected chi connectivity index (χ1v) is 7.01. The highest BCUT2D eigenvalue weighted by Gasteiger charge is 2.02. The Hall–Kier alpha value is -2.49. The van der Waals surface area contributed by atoms with Gasteiger partial charge in [-0.15, -0.1) is 0 Å². The average molecular weight is 285 g/mol. The summed E-state index contributed by atoms with van der Waals surface area (Å²) in [6, 6.07) is 16.6. The predicted octanol–water partition coefficient (Wildman–Crippen LogP) is 3.66. The van der Waals surface area contributed by atoms with Crippen LogP contribution >= 0.6 is 0 Å². The van der Waals surface area contributed by atoms with Gasteiger partial charge in [0.15, 0.2) is 0 Å². The lowest BCUT2D eigenvalue weighted by molar-refractivity contribution is 0.0697. The number of nitrogens with one attached hydrogen (secondary N) is 1. The summed E-state index contributed by atoms with van der Waals surface area (Å²) in [5.74, 6) is -0.0190. The molecule has 0 aliphatic carbocycles. The Labute approximate surface area is 124 Å². The fourth-order valence-corrected chi connectivity index (χ4v) is 1.93. The molecule has 2 aromatic carbocycles. The summed E-state index contributed by atoms with van der Waals surface area (Å²) in [6.07, 6.45) is 1.91. The fourth-order valence-electron chi connectivity index (χ4n) is 1.93. The van der Waals surface area contributed by atoms with Crippen molar-refractivity contribution in [2.45, 2.75) is 12.8 Å². The molecule has 0 aliphatic rings. The molecule has 4 nitrogen and oxygen atoms in total. The second kappa shape index (κ2) is 7.94. The Morgan fingerprint density at radius 3 is 2.62 bits per heavy atom. The number of hydrogen-bond acceptors (Lipinski definition) is 3. The molecule has 0 saturated heterocycles. The van der Waals surface area contributed by atoms with E-state index in [9.17, 15) is 4.79 Å². The molecule has 0 fully saturated rings. The molecule has 21 heavy (non-hydrogen) atoms. The summed E-state index contributed by atoms with van der Waals surface area (Å²) in [6.45, 7) is 1.47. The van der Waals surface area contributed by atoms with Crippen LogP contribution in [0.25, 0.3) is 0 Å². The molecule has 0 amide bonds. The van der Waals surface area contributed by atoms with Crippen molar-refractivity contribution in [3.63, 3.8) is 0 Å². The van der Waals surface area contributed by atoms with Crippen molar-refractivity contribution < 1.29 is 14.6 Å². The van der Waals surface area contributed by atoms with Crippen molar-refractivity contribution in [2.75, 3.05) is 18.5 Å². The minimum Gasteiger partial charge on any atom is -0.494 e. The molecule has 2 N–H and O–H groups in total. The van der Waals surface area contributed by atoms with E-state index in [0.717, 1.165) is 30.8 Å². The number of benzene rings is 2. The van der Waals surface area contributed by atoms with Gasteiger partial charge in [0.25, 0.3) is 0 Å². The number of aromatic carboxylic acids is 1. The molecule has 2 aromatic rings. The lowest BCUT2D eigenvalue weighted by Gasteiger charge is -2.08. The first-order valence-electron chi connectivity index (χ1n) is 7.01. The third-order valence-electron chi connectivity index (χ3n) is 3.02. The standard InChI is InChI=1S/C17H19NO3/c19-17(20)14-7-6-8-15(13-14)18-11-4-5-12-21-16-9-2-1-3-10-16/h1-3,6-10,13,18H,4-5,11-12H2,(H,19,20). The zero-order valence-electron chi connectivity index (χ0n) is 11.8. The van der Waals surface area contributed by atoms with E-state index in [2.05, 4.69) is 5.32 Å².